The van der Waals surface area contributed by atoms with E-state index in [1.165, 1.54) is 12.1 Å². The van der Waals surface area contributed by atoms with Gasteiger partial charge in [0, 0.05) is 6.04 Å². The molecule has 5 heteroatoms. The van der Waals surface area contributed by atoms with Gasteiger partial charge in [0.05, 0.1) is 0 Å². The summed E-state index contributed by atoms with van der Waals surface area (Å²) in [4.78, 5) is 11.5. The molecule has 98 valence electrons. The van der Waals surface area contributed by atoms with Crippen molar-refractivity contribution < 1.29 is 13.9 Å². The number of benzene rings is 1. The first kappa shape index (κ1) is 12.8. The minimum atomic E-state index is -0.969. The van der Waals surface area contributed by atoms with Crippen molar-refractivity contribution in [1.29, 1.82) is 0 Å². The van der Waals surface area contributed by atoms with Gasteiger partial charge in [-0.05, 0) is 31.9 Å². The maximum absolute atomic E-state index is 13.4. The van der Waals surface area contributed by atoms with Crippen LogP contribution in [0, 0.1) is 5.82 Å². The Morgan fingerprint density at radius 3 is 2.78 bits per heavy atom. The molecule has 0 radical (unpaired) electrons. The third-order valence-corrected chi connectivity index (χ3v) is 3.00. The molecule has 1 atom stereocenters. The quantitative estimate of drug-likeness (QED) is 0.799. The van der Waals surface area contributed by atoms with Crippen molar-refractivity contribution in [3.63, 3.8) is 0 Å². The fourth-order valence-corrected chi connectivity index (χ4v) is 1.65. The fraction of sp³-hybridized carbons (Fsp3) is 0.462. The Kier molecular flexibility index (Phi) is 3.52. The van der Waals surface area contributed by atoms with Crippen molar-refractivity contribution in [2.45, 2.75) is 31.3 Å². The molecule has 1 saturated carbocycles. The summed E-state index contributed by atoms with van der Waals surface area (Å²) < 4.78 is 18.7. The summed E-state index contributed by atoms with van der Waals surface area (Å²) in [6.07, 6.45) is 2.06. The zero-order chi connectivity index (χ0) is 13.2. The highest BCUT2D eigenvalue weighted by Gasteiger charge is 2.38. The van der Waals surface area contributed by atoms with Gasteiger partial charge in [0.1, 0.15) is 12.1 Å². The second-order valence-electron chi connectivity index (χ2n) is 4.83. The number of ether oxygens (including phenoxy) is 1. The molecule has 0 aliphatic heterocycles. The van der Waals surface area contributed by atoms with Crippen LogP contribution in [0.2, 0.25) is 0 Å². The second kappa shape index (κ2) is 4.94. The fourth-order valence-electron chi connectivity index (χ4n) is 1.65. The molecular formula is C13H17FN2O2. The van der Waals surface area contributed by atoms with Crippen LogP contribution in [0.15, 0.2) is 24.3 Å². The molecule has 3 N–H and O–H groups in total. The number of amides is 1. The van der Waals surface area contributed by atoms with Crippen LogP contribution in [-0.2, 0) is 4.79 Å². The van der Waals surface area contributed by atoms with Gasteiger partial charge < -0.3 is 10.5 Å². The molecule has 0 spiro atoms. The number of primary amides is 1. The Morgan fingerprint density at radius 1 is 1.56 bits per heavy atom. The summed E-state index contributed by atoms with van der Waals surface area (Å²) in [5, 5.41) is 3.13. The molecule has 2 rings (SSSR count). The zero-order valence-electron chi connectivity index (χ0n) is 10.3. The molecule has 1 aliphatic rings. The molecule has 1 amide bonds. The first-order valence-electron chi connectivity index (χ1n) is 5.96. The first-order valence-corrected chi connectivity index (χ1v) is 5.96. The monoisotopic (exact) mass is 252 g/mol. The maximum atomic E-state index is 13.4. The van der Waals surface area contributed by atoms with E-state index >= 15 is 0 Å². The van der Waals surface area contributed by atoms with Gasteiger partial charge >= 0.3 is 0 Å². The average molecular weight is 252 g/mol. The smallest absolute Gasteiger partial charge is 0.240 e. The summed E-state index contributed by atoms with van der Waals surface area (Å²) in [5.74, 6) is -0.816. The van der Waals surface area contributed by atoms with Crippen molar-refractivity contribution in [3.8, 4) is 5.75 Å². The number of hydrogen-bond donors (Lipinski definition) is 2. The Hall–Kier alpha value is -1.62. The Labute approximate surface area is 105 Å². The molecule has 1 aromatic rings. The maximum Gasteiger partial charge on any atom is 0.240 e. The third kappa shape index (κ3) is 2.98. The predicted octanol–water partition coefficient (Wildman–Crippen LogP) is 1.20. The number of nitrogens with two attached hydrogens (primary N) is 1. The predicted molar refractivity (Wildman–Crippen MR) is 65.7 cm³/mol. The second-order valence-corrected chi connectivity index (χ2v) is 4.83. The molecule has 18 heavy (non-hydrogen) atoms. The summed E-state index contributed by atoms with van der Waals surface area (Å²) in [6, 6.07) is 6.40. The van der Waals surface area contributed by atoms with Crippen molar-refractivity contribution in [3.05, 3.63) is 30.1 Å². The summed E-state index contributed by atoms with van der Waals surface area (Å²) in [6.45, 7) is 1.69. The van der Waals surface area contributed by atoms with E-state index in [0.29, 0.717) is 6.04 Å². The molecule has 1 fully saturated rings. The molecule has 0 saturated heterocycles. The van der Waals surface area contributed by atoms with Crippen LogP contribution in [-0.4, -0.2) is 24.1 Å². The number of halogens is 1. The highest BCUT2D eigenvalue weighted by molar-refractivity contribution is 5.84. The van der Waals surface area contributed by atoms with E-state index in [1.807, 2.05) is 0 Å². The van der Waals surface area contributed by atoms with E-state index in [0.717, 1.165) is 12.8 Å². The van der Waals surface area contributed by atoms with E-state index in [-0.39, 0.29) is 12.4 Å². The molecule has 1 aliphatic carbocycles. The largest absolute Gasteiger partial charge is 0.488 e. The highest BCUT2D eigenvalue weighted by Crippen LogP contribution is 2.23. The van der Waals surface area contributed by atoms with Crippen molar-refractivity contribution in [1.82, 2.24) is 5.32 Å². The lowest BCUT2D eigenvalue weighted by Crippen LogP contribution is -2.57. The standard InChI is InChI=1S/C13H17FN2O2/c1-13(12(15)17,16-9-6-7-9)8-18-11-5-3-2-4-10(11)14/h2-5,9,16H,6-8H2,1H3,(H2,15,17). The molecule has 4 nitrogen and oxygen atoms in total. The van der Waals surface area contributed by atoms with Gasteiger partial charge in [-0.25, -0.2) is 4.39 Å². The van der Waals surface area contributed by atoms with Crippen LogP contribution >= 0.6 is 0 Å². The SMILES string of the molecule is CC(COc1ccccc1F)(NC1CC1)C(N)=O. The normalized spacial score (nSPS) is 18.1. The lowest BCUT2D eigenvalue weighted by Gasteiger charge is -2.27. The van der Waals surface area contributed by atoms with E-state index in [4.69, 9.17) is 10.5 Å². The van der Waals surface area contributed by atoms with Gasteiger partial charge in [0.2, 0.25) is 5.91 Å². The van der Waals surface area contributed by atoms with Crippen LogP contribution in [0.25, 0.3) is 0 Å². The van der Waals surface area contributed by atoms with Gasteiger partial charge in [-0.15, -0.1) is 0 Å². The van der Waals surface area contributed by atoms with Crippen molar-refractivity contribution in [2.75, 3.05) is 6.61 Å². The molecule has 1 unspecified atom stereocenters. The lowest BCUT2D eigenvalue weighted by atomic mass is 10.0. The number of carbonyl (C=O) groups is 1. The van der Waals surface area contributed by atoms with E-state index in [1.54, 1.807) is 19.1 Å². The lowest BCUT2D eigenvalue weighted by molar-refractivity contribution is -0.125. The number of carbonyl (C=O) groups excluding carboxylic acids is 1. The summed E-state index contributed by atoms with van der Waals surface area (Å²) in [5.41, 5.74) is 4.41. The average Bonchev–Trinajstić information content (AvgIpc) is 3.11. The van der Waals surface area contributed by atoms with Crippen LogP contribution in [0.3, 0.4) is 0 Å². The van der Waals surface area contributed by atoms with Gasteiger partial charge in [-0.3, -0.25) is 10.1 Å². The van der Waals surface area contributed by atoms with Gasteiger partial charge in [0.25, 0.3) is 0 Å². The van der Waals surface area contributed by atoms with Crippen molar-refractivity contribution in [2.24, 2.45) is 5.73 Å². The Morgan fingerprint density at radius 2 is 2.22 bits per heavy atom. The van der Waals surface area contributed by atoms with Gasteiger partial charge in [-0.2, -0.15) is 0 Å². The van der Waals surface area contributed by atoms with Crippen LogP contribution in [0.5, 0.6) is 5.75 Å². The van der Waals surface area contributed by atoms with Crippen LogP contribution in [0.4, 0.5) is 4.39 Å². The van der Waals surface area contributed by atoms with Gasteiger partial charge in [0.15, 0.2) is 11.6 Å². The van der Waals surface area contributed by atoms with Gasteiger partial charge in [-0.1, -0.05) is 12.1 Å². The van der Waals surface area contributed by atoms with Crippen LogP contribution in [0.1, 0.15) is 19.8 Å². The molecule has 0 heterocycles. The Bertz CT molecular complexity index is 448. The summed E-state index contributed by atoms with van der Waals surface area (Å²) >= 11 is 0. The number of rotatable bonds is 6. The van der Waals surface area contributed by atoms with Crippen molar-refractivity contribution >= 4 is 5.91 Å². The number of para-hydroxylation sites is 1. The Balaban J connectivity index is 2.01. The molecule has 0 aromatic heterocycles. The van der Waals surface area contributed by atoms with E-state index < -0.39 is 17.3 Å². The minimum Gasteiger partial charge on any atom is -0.488 e. The summed E-state index contributed by atoms with van der Waals surface area (Å²) in [7, 11) is 0. The number of nitrogens with one attached hydrogen (secondary N) is 1. The minimum absolute atomic E-state index is 0.0137. The topological polar surface area (TPSA) is 64.3 Å². The van der Waals surface area contributed by atoms with Crippen LogP contribution < -0.4 is 15.8 Å². The van der Waals surface area contributed by atoms with E-state index in [2.05, 4.69) is 5.32 Å². The highest BCUT2D eigenvalue weighted by atomic mass is 19.1. The first-order chi connectivity index (χ1) is 8.51. The van der Waals surface area contributed by atoms with E-state index in [9.17, 15) is 9.18 Å². The third-order valence-electron chi connectivity index (χ3n) is 3.00. The molecule has 1 aromatic carbocycles. The zero-order valence-corrected chi connectivity index (χ0v) is 10.3. The number of hydrogen-bond acceptors (Lipinski definition) is 3. The molecule has 0 bridgehead atoms. The molecular weight excluding hydrogens is 235 g/mol.